The molecular weight excluding hydrogens is 334 g/mol. The van der Waals surface area contributed by atoms with E-state index in [1.54, 1.807) is 11.1 Å². The number of carbonyl (C=O) groups excluding carboxylic acids is 1. The molecule has 146 valence electrons. The molecule has 0 saturated carbocycles. The van der Waals surface area contributed by atoms with Gasteiger partial charge < -0.3 is 10.2 Å². The van der Waals surface area contributed by atoms with Crippen LogP contribution in [-0.2, 0) is 16.6 Å². The van der Waals surface area contributed by atoms with Gasteiger partial charge in [-0.15, -0.1) is 0 Å². The molecule has 1 aromatic rings. The van der Waals surface area contributed by atoms with Crippen molar-refractivity contribution in [2.45, 2.75) is 56.4 Å². The molecule has 1 aromatic carbocycles. The van der Waals surface area contributed by atoms with Gasteiger partial charge in [-0.25, -0.2) is 0 Å². The first-order valence-electron chi connectivity index (χ1n) is 10.9. The van der Waals surface area contributed by atoms with E-state index in [0.717, 1.165) is 52.0 Å². The molecular formula is C23H33N3O. The molecule has 1 amide bonds. The molecule has 3 fully saturated rings. The molecule has 0 bridgehead atoms. The zero-order chi connectivity index (χ0) is 18.5. The van der Waals surface area contributed by atoms with Crippen molar-refractivity contribution in [3.63, 3.8) is 0 Å². The van der Waals surface area contributed by atoms with Gasteiger partial charge in [0, 0.05) is 19.6 Å². The number of hydrogen-bond acceptors (Lipinski definition) is 3. The van der Waals surface area contributed by atoms with Crippen molar-refractivity contribution in [1.29, 1.82) is 0 Å². The maximum atomic E-state index is 13.4. The first-order valence-corrected chi connectivity index (χ1v) is 10.9. The standard InChI is InChI=1S/C23H33N3O/c1-25-17-22(8-12-24-13-9-22)16-20(25)21(27)26-14-10-23(11-15-26)7-6-18-4-2-3-5-19(18)23/h2-5,20,24H,6-17H2,1H3/t20-/m1/s1. The maximum Gasteiger partial charge on any atom is 0.239 e. The van der Waals surface area contributed by atoms with E-state index < -0.39 is 0 Å². The fraction of sp³-hybridized carbons (Fsp3) is 0.696. The highest BCUT2D eigenvalue weighted by molar-refractivity contribution is 5.82. The summed E-state index contributed by atoms with van der Waals surface area (Å²) in [6.45, 7) is 5.19. The lowest BCUT2D eigenvalue weighted by molar-refractivity contribution is -0.137. The second-order valence-corrected chi connectivity index (χ2v) is 9.65. The molecule has 27 heavy (non-hydrogen) atoms. The van der Waals surface area contributed by atoms with Crippen molar-refractivity contribution in [1.82, 2.24) is 15.1 Å². The number of nitrogens with zero attached hydrogens (tertiary/aromatic N) is 2. The molecule has 4 nitrogen and oxygen atoms in total. The minimum atomic E-state index is 0.105. The van der Waals surface area contributed by atoms with Crippen LogP contribution >= 0.6 is 0 Å². The minimum Gasteiger partial charge on any atom is -0.341 e. The summed E-state index contributed by atoms with van der Waals surface area (Å²) in [6.07, 6.45) is 8.28. The molecule has 1 aliphatic carbocycles. The second-order valence-electron chi connectivity index (χ2n) is 9.65. The van der Waals surface area contributed by atoms with E-state index in [4.69, 9.17) is 0 Å². The molecule has 3 heterocycles. The van der Waals surface area contributed by atoms with Gasteiger partial charge in [-0.2, -0.15) is 0 Å². The predicted octanol–water partition coefficient (Wildman–Crippen LogP) is 2.57. The minimum absolute atomic E-state index is 0.105. The Hall–Kier alpha value is -1.39. The molecule has 3 aliphatic heterocycles. The van der Waals surface area contributed by atoms with E-state index in [-0.39, 0.29) is 6.04 Å². The van der Waals surface area contributed by atoms with Crippen molar-refractivity contribution >= 4 is 5.91 Å². The SMILES string of the molecule is CN1CC2(CCNCC2)C[C@@H]1C(=O)N1CCC2(CCc3ccccc32)CC1. The largest absolute Gasteiger partial charge is 0.341 e. The molecule has 5 rings (SSSR count). The van der Waals surface area contributed by atoms with Gasteiger partial charge in [0.25, 0.3) is 0 Å². The number of carbonyl (C=O) groups is 1. The topological polar surface area (TPSA) is 35.6 Å². The van der Waals surface area contributed by atoms with Crippen LogP contribution in [0.4, 0.5) is 0 Å². The van der Waals surface area contributed by atoms with Crippen molar-refractivity contribution in [2.75, 3.05) is 39.8 Å². The van der Waals surface area contributed by atoms with Gasteiger partial charge in [0.05, 0.1) is 6.04 Å². The average Bonchev–Trinajstić information content (AvgIpc) is 3.21. The first kappa shape index (κ1) is 17.7. The molecule has 0 radical (unpaired) electrons. The highest BCUT2D eigenvalue weighted by atomic mass is 16.2. The number of likely N-dealkylation sites (tertiary alicyclic amines) is 2. The van der Waals surface area contributed by atoms with Crippen LogP contribution in [0.25, 0.3) is 0 Å². The lowest BCUT2D eigenvalue weighted by Gasteiger charge is -2.41. The Labute approximate surface area is 163 Å². The van der Waals surface area contributed by atoms with Crippen LogP contribution in [0, 0.1) is 5.41 Å². The van der Waals surface area contributed by atoms with Crippen LogP contribution in [0.5, 0.6) is 0 Å². The number of rotatable bonds is 1. The van der Waals surface area contributed by atoms with Gasteiger partial charge in [-0.1, -0.05) is 24.3 Å². The fourth-order valence-electron chi connectivity index (χ4n) is 6.51. The van der Waals surface area contributed by atoms with E-state index in [1.165, 1.54) is 25.7 Å². The number of piperidine rings is 2. The number of fused-ring (bicyclic) bond motifs is 2. The third-order valence-electron chi connectivity index (χ3n) is 8.19. The molecule has 1 atom stereocenters. The van der Waals surface area contributed by atoms with E-state index in [1.807, 2.05) is 0 Å². The van der Waals surface area contributed by atoms with E-state index in [9.17, 15) is 4.79 Å². The lowest BCUT2D eigenvalue weighted by Crippen LogP contribution is -2.50. The fourth-order valence-corrected chi connectivity index (χ4v) is 6.51. The number of likely N-dealkylation sites (N-methyl/N-ethyl adjacent to an activating group) is 1. The Balaban J connectivity index is 1.26. The normalized spacial score (nSPS) is 29.4. The molecule has 3 saturated heterocycles. The third-order valence-corrected chi connectivity index (χ3v) is 8.19. The Bertz CT molecular complexity index is 716. The predicted molar refractivity (Wildman–Crippen MR) is 108 cm³/mol. The van der Waals surface area contributed by atoms with Crippen LogP contribution in [-0.4, -0.2) is 61.5 Å². The average molecular weight is 368 g/mol. The van der Waals surface area contributed by atoms with Gasteiger partial charge in [-0.05, 0) is 87.0 Å². The van der Waals surface area contributed by atoms with Gasteiger partial charge >= 0.3 is 0 Å². The van der Waals surface area contributed by atoms with E-state index in [2.05, 4.69) is 46.4 Å². The summed E-state index contributed by atoms with van der Waals surface area (Å²) in [6, 6.07) is 9.10. The van der Waals surface area contributed by atoms with E-state index in [0.29, 0.717) is 16.7 Å². The molecule has 4 aliphatic rings. The number of hydrogen-bond donors (Lipinski definition) is 1. The number of aryl methyl sites for hydroxylation is 1. The summed E-state index contributed by atoms with van der Waals surface area (Å²) in [7, 11) is 2.16. The zero-order valence-electron chi connectivity index (χ0n) is 16.7. The van der Waals surface area contributed by atoms with Crippen LogP contribution in [0.15, 0.2) is 24.3 Å². The summed E-state index contributed by atoms with van der Waals surface area (Å²) < 4.78 is 0. The van der Waals surface area contributed by atoms with Gasteiger partial charge in [0.1, 0.15) is 0 Å². The van der Waals surface area contributed by atoms with E-state index >= 15 is 0 Å². The maximum absolute atomic E-state index is 13.4. The highest BCUT2D eigenvalue weighted by Gasteiger charge is 2.48. The van der Waals surface area contributed by atoms with Crippen LogP contribution in [0.2, 0.25) is 0 Å². The highest BCUT2D eigenvalue weighted by Crippen LogP contribution is 2.47. The monoisotopic (exact) mass is 367 g/mol. The Morgan fingerprint density at radius 3 is 2.59 bits per heavy atom. The third kappa shape index (κ3) is 2.92. The first-order chi connectivity index (χ1) is 13.1. The molecule has 4 heteroatoms. The number of nitrogens with one attached hydrogen (secondary N) is 1. The van der Waals surface area contributed by atoms with Gasteiger partial charge in [-0.3, -0.25) is 9.69 Å². The Morgan fingerprint density at radius 2 is 1.81 bits per heavy atom. The molecule has 0 unspecified atom stereocenters. The zero-order valence-corrected chi connectivity index (χ0v) is 16.7. The van der Waals surface area contributed by atoms with Crippen molar-refractivity contribution in [2.24, 2.45) is 5.41 Å². The van der Waals surface area contributed by atoms with Crippen molar-refractivity contribution in [3.05, 3.63) is 35.4 Å². The van der Waals surface area contributed by atoms with Gasteiger partial charge in [0.15, 0.2) is 0 Å². The smallest absolute Gasteiger partial charge is 0.239 e. The lowest BCUT2D eigenvalue weighted by atomic mass is 9.73. The molecule has 2 spiro atoms. The molecule has 0 aromatic heterocycles. The summed E-state index contributed by atoms with van der Waals surface area (Å²) >= 11 is 0. The van der Waals surface area contributed by atoms with Crippen LogP contribution in [0.3, 0.4) is 0 Å². The number of benzene rings is 1. The van der Waals surface area contributed by atoms with Crippen molar-refractivity contribution in [3.8, 4) is 0 Å². The Kier molecular flexibility index (Phi) is 4.32. The Morgan fingerprint density at radius 1 is 1.07 bits per heavy atom. The molecule has 1 N–H and O–H groups in total. The van der Waals surface area contributed by atoms with Crippen LogP contribution in [0.1, 0.15) is 49.7 Å². The summed E-state index contributed by atoms with van der Waals surface area (Å²) in [5.41, 5.74) is 3.83. The number of amides is 1. The van der Waals surface area contributed by atoms with Crippen LogP contribution < -0.4 is 5.32 Å². The second kappa shape index (κ2) is 6.59. The van der Waals surface area contributed by atoms with Crippen molar-refractivity contribution < 1.29 is 4.79 Å². The summed E-state index contributed by atoms with van der Waals surface area (Å²) in [5.74, 6) is 0.397. The quantitative estimate of drug-likeness (QED) is 0.829. The summed E-state index contributed by atoms with van der Waals surface area (Å²) in [5, 5.41) is 3.48. The van der Waals surface area contributed by atoms with Gasteiger partial charge in [0.2, 0.25) is 5.91 Å². The summed E-state index contributed by atoms with van der Waals surface area (Å²) in [4.78, 5) is 17.9.